The van der Waals surface area contributed by atoms with Gasteiger partial charge in [0, 0.05) is 30.6 Å². The van der Waals surface area contributed by atoms with E-state index >= 15 is 0 Å². The van der Waals surface area contributed by atoms with Crippen molar-refractivity contribution in [1.29, 1.82) is 0 Å². The highest BCUT2D eigenvalue weighted by molar-refractivity contribution is 7.13. The minimum atomic E-state index is -0.0867. The molecule has 2 rings (SSSR count). The summed E-state index contributed by atoms with van der Waals surface area (Å²) in [5.41, 5.74) is 7.08. The highest BCUT2D eigenvalue weighted by Crippen LogP contribution is 2.23. The molecule has 1 aromatic heterocycles. The van der Waals surface area contributed by atoms with Crippen molar-refractivity contribution in [2.45, 2.75) is 13.0 Å². The van der Waals surface area contributed by atoms with Crippen LogP contribution in [0.2, 0.25) is 0 Å². The summed E-state index contributed by atoms with van der Waals surface area (Å²) in [5, 5.41) is 2.66. The Kier molecular flexibility index (Phi) is 8.51. The van der Waals surface area contributed by atoms with Gasteiger partial charge in [-0.2, -0.15) is 0 Å². The van der Waals surface area contributed by atoms with Crippen LogP contribution in [0.25, 0.3) is 10.6 Å². The normalized spacial score (nSPS) is 11.0. The van der Waals surface area contributed by atoms with E-state index in [9.17, 15) is 4.79 Å². The lowest BCUT2D eigenvalue weighted by molar-refractivity contribution is 0.0743. The van der Waals surface area contributed by atoms with Gasteiger partial charge in [-0.15, -0.1) is 36.2 Å². The lowest BCUT2D eigenvalue weighted by atomic mass is 10.2. The Balaban J connectivity index is 0.00000200. The second-order valence-corrected chi connectivity index (χ2v) is 5.26. The van der Waals surface area contributed by atoms with Crippen molar-refractivity contribution >= 4 is 42.1 Å². The summed E-state index contributed by atoms with van der Waals surface area (Å²) < 4.78 is 0. The third kappa shape index (κ3) is 4.68. The van der Waals surface area contributed by atoms with E-state index in [4.69, 9.17) is 5.73 Å². The summed E-state index contributed by atoms with van der Waals surface area (Å²) in [5.74, 6) is -0.0867. The standard InChI is InChI=1S/C14H17N3OS.2ClH/c1-10(8-15)17(2)14(18)12-9-19-13(16-12)11-6-4-3-5-7-11;;/h3-7,9-10H,8,15H2,1-2H3;2*1H. The molecular formula is C14H19Cl2N3OS. The first-order valence-electron chi connectivity index (χ1n) is 6.11. The maximum atomic E-state index is 12.2. The van der Waals surface area contributed by atoms with E-state index in [1.165, 1.54) is 11.3 Å². The third-order valence-corrected chi connectivity index (χ3v) is 3.96. The van der Waals surface area contributed by atoms with E-state index in [1.54, 1.807) is 17.3 Å². The maximum absolute atomic E-state index is 12.2. The number of halogens is 2. The Morgan fingerprint density at radius 1 is 1.33 bits per heavy atom. The first-order chi connectivity index (χ1) is 9.13. The Morgan fingerprint density at radius 3 is 2.52 bits per heavy atom. The lowest BCUT2D eigenvalue weighted by Gasteiger charge is -2.22. The van der Waals surface area contributed by atoms with Gasteiger partial charge in [-0.3, -0.25) is 4.79 Å². The molecule has 0 aliphatic carbocycles. The monoisotopic (exact) mass is 347 g/mol. The molecule has 2 N–H and O–H groups in total. The van der Waals surface area contributed by atoms with Crippen molar-refractivity contribution in [3.05, 3.63) is 41.4 Å². The second kappa shape index (κ2) is 9.00. The van der Waals surface area contributed by atoms with Crippen molar-refractivity contribution in [3.63, 3.8) is 0 Å². The highest BCUT2D eigenvalue weighted by atomic mass is 35.5. The number of nitrogens with zero attached hydrogens (tertiary/aromatic N) is 2. The van der Waals surface area contributed by atoms with Crippen LogP contribution in [-0.4, -0.2) is 35.4 Å². The number of rotatable bonds is 4. The van der Waals surface area contributed by atoms with Crippen LogP contribution >= 0.6 is 36.2 Å². The van der Waals surface area contributed by atoms with Crippen LogP contribution in [0, 0.1) is 0 Å². The highest BCUT2D eigenvalue weighted by Gasteiger charge is 2.19. The summed E-state index contributed by atoms with van der Waals surface area (Å²) in [6, 6.07) is 9.86. The molecule has 1 atom stereocenters. The zero-order valence-corrected chi connectivity index (χ0v) is 14.3. The average molecular weight is 348 g/mol. The molecule has 0 radical (unpaired) electrons. The number of benzene rings is 1. The predicted octanol–water partition coefficient (Wildman–Crippen LogP) is 3.07. The van der Waals surface area contributed by atoms with Gasteiger partial charge in [0.15, 0.2) is 0 Å². The molecule has 116 valence electrons. The molecule has 1 heterocycles. The second-order valence-electron chi connectivity index (χ2n) is 4.40. The van der Waals surface area contributed by atoms with E-state index < -0.39 is 0 Å². The van der Waals surface area contributed by atoms with Crippen molar-refractivity contribution in [1.82, 2.24) is 9.88 Å². The lowest BCUT2D eigenvalue weighted by Crippen LogP contribution is -2.39. The minimum Gasteiger partial charge on any atom is -0.336 e. The molecule has 2 aromatic rings. The topological polar surface area (TPSA) is 59.2 Å². The first kappa shape index (κ1) is 19.9. The molecule has 1 unspecified atom stereocenters. The number of hydrogen-bond acceptors (Lipinski definition) is 4. The Morgan fingerprint density at radius 2 is 1.95 bits per heavy atom. The molecule has 0 spiro atoms. The number of nitrogens with two attached hydrogens (primary N) is 1. The van der Waals surface area contributed by atoms with Gasteiger partial charge in [-0.25, -0.2) is 4.98 Å². The SMILES string of the molecule is CC(CN)N(C)C(=O)c1csc(-c2ccccc2)n1.Cl.Cl. The van der Waals surface area contributed by atoms with Gasteiger partial charge in [0.25, 0.3) is 5.91 Å². The van der Waals surface area contributed by atoms with Gasteiger partial charge in [0.1, 0.15) is 10.7 Å². The van der Waals surface area contributed by atoms with E-state index in [-0.39, 0.29) is 36.8 Å². The molecule has 1 aromatic carbocycles. The largest absolute Gasteiger partial charge is 0.336 e. The van der Waals surface area contributed by atoms with Crippen molar-refractivity contribution in [2.24, 2.45) is 5.73 Å². The molecule has 0 aliphatic rings. The van der Waals surface area contributed by atoms with Crippen LogP contribution in [0.15, 0.2) is 35.7 Å². The number of thiazole rings is 1. The summed E-state index contributed by atoms with van der Waals surface area (Å²) in [4.78, 5) is 18.2. The average Bonchev–Trinajstić information content (AvgIpc) is 2.95. The number of amides is 1. The number of aromatic nitrogens is 1. The summed E-state index contributed by atoms with van der Waals surface area (Å²) >= 11 is 1.48. The van der Waals surface area contributed by atoms with E-state index in [0.717, 1.165) is 10.6 Å². The zero-order chi connectivity index (χ0) is 13.8. The number of hydrogen-bond donors (Lipinski definition) is 1. The van der Waals surface area contributed by atoms with Crippen LogP contribution in [0.3, 0.4) is 0 Å². The fraction of sp³-hybridized carbons (Fsp3) is 0.286. The van der Waals surface area contributed by atoms with E-state index in [2.05, 4.69) is 4.98 Å². The molecule has 0 saturated carbocycles. The molecular weight excluding hydrogens is 329 g/mol. The number of carbonyl (C=O) groups excluding carboxylic acids is 1. The number of likely N-dealkylation sites (N-methyl/N-ethyl adjacent to an activating group) is 1. The van der Waals surface area contributed by atoms with Gasteiger partial charge >= 0.3 is 0 Å². The van der Waals surface area contributed by atoms with Crippen LogP contribution in [0.4, 0.5) is 0 Å². The Hall–Kier alpha value is -1.14. The first-order valence-corrected chi connectivity index (χ1v) is 6.99. The Bertz CT molecular complexity index is 562. The van der Waals surface area contributed by atoms with Gasteiger partial charge in [-0.05, 0) is 6.92 Å². The molecule has 21 heavy (non-hydrogen) atoms. The van der Waals surface area contributed by atoms with Gasteiger partial charge in [0.2, 0.25) is 0 Å². The van der Waals surface area contributed by atoms with E-state index in [0.29, 0.717) is 12.2 Å². The van der Waals surface area contributed by atoms with E-state index in [1.807, 2.05) is 37.3 Å². The molecule has 0 aliphatic heterocycles. The molecule has 0 bridgehead atoms. The summed E-state index contributed by atoms with van der Waals surface area (Å²) in [6.45, 7) is 2.36. The Labute approximate surface area is 141 Å². The van der Waals surface area contributed by atoms with Crippen LogP contribution in [-0.2, 0) is 0 Å². The smallest absolute Gasteiger partial charge is 0.273 e. The van der Waals surface area contributed by atoms with Gasteiger partial charge in [-0.1, -0.05) is 30.3 Å². The van der Waals surface area contributed by atoms with Gasteiger partial charge in [0.05, 0.1) is 0 Å². The molecule has 7 heteroatoms. The predicted molar refractivity (Wildman–Crippen MR) is 92.7 cm³/mol. The zero-order valence-electron chi connectivity index (χ0n) is 11.9. The fourth-order valence-corrected chi connectivity index (χ4v) is 2.42. The van der Waals surface area contributed by atoms with Crippen molar-refractivity contribution in [2.75, 3.05) is 13.6 Å². The third-order valence-electron chi connectivity index (χ3n) is 3.07. The minimum absolute atomic E-state index is 0. The van der Waals surface area contributed by atoms with Crippen LogP contribution in [0.1, 0.15) is 17.4 Å². The van der Waals surface area contributed by atoms with Crippen LogP contribution < -0.4 is 5.73 Å². The fourth-order valence-electron chi connectivity index (χ4n) is 1.62. The van der Waals surface area contributed by atoms with Crippen molar-refractivity contribution < 1.29 is 4.79 Å². The summed E-state index contributed by atoms with van der Waals surface area (Å²) in [6.07, 6.45) is 0. The molecule has 1 amide bonds. The molecule has 0 fully saturated rings. The van der Waals surface area contributed by atoms with Gasteiger partial charge < -0.3 is 10.6 Å². The number of carbonyl (C=O) groups is 1. The summed E-state index contributed by atoms with van der Waals surface area (Å²) in [7, 11) is 1.75. The molecule has 4 nitrogen and oxygen atoms in total. The quantitative estimate of drug-likeness (QED) is 0.924. The van der Waals surface area contributed by atoms with Crippen LogP contribution in [0.5, 0.6) is 0 Å². The maximum Gasteiger partial charge on any atom is 0.273 e. The molecule has 0 saturated heterocycles. The van der Waals surface area contributed by atoms with Crippen molar-refractivity contribution in [3.8, 4) is 10.6 Å².